The van der Waals surface area contributed by atoms with Gasteiger partial charge in [0.2, 0.25) is 0 Å². The van der Waals surface area contributed by atoms with Crippen molar-refractivity contribution in [2.45, 2.75) is 51.2 Å². The van der Waals surface area contributed by atoms with Gasteiger partial charge in [0.25, 0.3) is 0 Å². The Labute approximate surface area is 277 Å². The van der Waals surface area contributed by atoms with Gasteiger partial charge in [-0.05, 0) is 48.9 Å². The maximum atomic E-state index is 8.54. The molecule has 0 saturated carbocycles. The van der Waals surface area contributed by atoms with Crippen LogP contribution in [0, 0.1) is 31.8 Å². The molecule has 6 aromatic rings. The smallest absolute Gasteiger partial charge is 0 e. The first-order valence-corrected chi connectivity index (χ1v) is 20.9. The first-order valence-electron chi connectivity index (χ1n) is 17.6. The fourth-order valence-electron chi connectivity index (χ4n) is 4.50. The normalized spacial score (nSPS) is 15.1. The first-order chi connectivity index (χ1) is 22.8. The average molecular weight is 800 g/mol. The molecule has 3 nitrogen and oxygen atoms in total. The third-order valence-corrected chi connectivity index (χ3v) is 10.9. The minimum Gasteiger partial charge on any atom is 0 e. The van der Waals surface area contributed by atoms with E-state index < -0.39 is 39.3 Å². The second-order valence-corrected chi connectivity index (χ2v) is 21.9. The van der Waals surface area contributed by atoms with Gasteiger partial charge in [-0.15, -0.1) is 18.2 Å². The SMILES string of the molecule is [2H]C([2H])([2H])c1ccc2c(c1)oc1c(-c3cc(C([2H])([2H])C(C)C)c(C([2H])([2H])[2H])cn3)[c-]ccc12.[CH3][Ge]([CH3])([CH3])[c]1ccc(-c2[c-]cccc2)nc1.[Ir]. The molecule has 3 aromatic carbocycles. The molecule has 0 saturated heterocycles. The van der Waals surface area contributed by atoms with E-state index in [1.165, 1.54) is 22.7 Å². The molecule has 0 aliphatic heterocycles. The number of hydrogen-bond acceptors (Lipinski definition) is 3. The summed E-state index contributed by atoms with van der Waals surface area (Å²) < 4.78 is 71.0. The molecule has 5 heteroatoms. The number of rotatable bonds is 5. The summed E-state index contributed by atoms with van der Waals surface area (Å²) in [7, 11) is 0. The number of fused-ring (bicyclic) bond motifs is 3. The number of furan rings is 1. The van der Waals surface area contributed by atoms with Gasteiger partial charge in [0.15, 0.2) is 0 Å². The third kappa shape index (κ3) is 7.29. The third-order valence-electron chi connectivity index (χ3n) is 6.65. The second-order valence-electron chi connectivity index (χ2n) is 11.3. The van der Waals surface area contributed by atoms with Gasteiger partial charge in [0.05, 0.1) is 5.58 Å². The van der Waals surface area contributed by atoms with Crippen LogP contribution in [-0.4, -0.2) is 23.2 Å². The Kier molecular flexibility index (Phi) is 7.23. The summed E-state index contributed by atoms with van der Waals surface area (Å²) in [5.74, 6) is 6.67. The number of aryl methyl sites for hydroxylation is 2. The summed E-state index contributed by atoms with van der Waals surface area (Å²) in [4.78, 5) is 8.85. The molecule has 0 spiro atoms. The summed E-state index contributed by atoms with van der Waals surface area (Å²) >= 11 is -1.72. The van der Waals surface area contributed by atoms with E-state index in [2.05, 4.69) is 51.5 Å². The Morgan fingerprint density at radius 2 is 1.71 bits per heavy atom. The van der Waals surface area contributed by atoms with E-state index in [4.69, 9.17) is 15.4 Å². The van der Waals surface area contributed by atoms with Crippen LogP contribution >= 0.6 is 0 Å². The zero-order valence-electron chi connectivity index (χ0n) is 32.3. The van der Waals surface area contributed by atoms with Crippen molar-refractivity contribution in [3.63, 3.8) is 0 Å². The number of benzene rings is 3. The van der Waals surface area contributed by atoms with Crippen molar-refractivity contribution in [3.05, 3.63) is 114 Å². The molecular weight excluding hydrogens is 753 g/mol. The second kappa shape index (κ2) is 13.5. The molecule has 0 unspecified atom stereocenters. The minimum absolute atomic E-state index is 0. The van der Waals surface area contributed by atoms with Crippen molar-refractivity contribution < 1.29 is 35.5 Å². The average Bonchev–Trinajstić information content (AvgIpc) is 3.42. The fraction of sp³-hybridized carbons (Fsp3) is 0.243. The van der Waals surface area contributed by atoms with Crippen LogP contribution < -0.4 is 4.40 Å². The zero-order valence-corrected chi connectivity index (χ0v) is 28.8. The molecule has 3 heterocycles. The van der Waals surface area contributed by atoms with Crippen LogP contribution in [-0.2, 0) is 26.5 Å². The molecular formula is C37H38GeIrN2O-2. The van der Waals surface area contributed by atoms with Gasteiger partial charge in [-0.2, -0.15) is 0 Å². The summed E-state index contributed by atoms with van der Waals surface area (Å²) in [6.45, 7) is -1.41. The predicted octanol–water partition coefficient (Wildman–Crippen LogP) is 9.36. The molecule has 0 aliphatic carbocycles. The van der Waals surface area contributed by atoms with Crippen molar-refractivity contribution >= 4 is 39.6 Å². The summed E-state index contributed by atoms with van der Waals surface area (Å²) in [5, 5.41) is 1.45. The van der Waals surface area contributed by atoms with E-state index in [0.29, 0.717) is 22.4 Å². The zero-order chi connectivity index (χ0) is 35.9. The molecule has 0 aliphatic rings. The molecule has 0 fully saturated rings. The molecule has 42 heavy (non-hydrogen) atoms. The summed E-state index contributed by atoms with van der Waals surface area (Å²) in [6.07, 6.45) is 1.33. The van der Waals surface area contributed by atoms with Crippen LogP contribution in [0.3, 0.4) is 0 Å². The molecule has 0 amide bonds. The van der Waals surface area contributed by atoms with Crippen LogP contribution in [0.15, 0.2) is 89.6 Å². The number of nitrogens with zero attached hydrogens (tertiary/aromatic N) is 2. The molecule has 0 bridgehead atoms. The van der Waals surface area contributed by atoms with Gasteiger partial charge in [-0.3, -0.25) is 0 Å². The Morgan fingerprint density at radius 1 is 0.881 bits per heavy atom. The van der Waals surface area contributed by atoms with Gasteiger partial charge < -0.3 is 9.40 Å². The van der Waals surface area contributed by atoms with Crippen molar-refractivity contribution in [2.24, 2.45) is 5.92 Å². The van der Waals surface area contributed by atoms with Crippen molar-refractivity contribution in [3.8, 4) is 22.5 Å². The van der Waals surface area contributed by atoms with Gasteiger partial charge in [-0.1, -0.05) is 48.6 Å². The molecule has 0 atom stereocenters. The van der Waals surface area contributed by atoms with E-state index in [1.807, 2.05) is 30.5 Å². The van der Waals surface area contributed by atoms with E-state index in [9.17, 15) is 0 Å². The quantitative estimate of drug-likeness (QED) is 0.129. The van der Waals surface area contributed by atoms with Crippen LogP contribution in [0.4, 0.5) is 0 Å². The van der Waals surface area contributed by atoms with Crippen molar-refractivity contribution in [2.75, 3.05) is 0 Å². The van der Waals surface area contributed by atoms with Crippen LogP contribution in [0.25, 0.3) is 44.5 Å². The molecule has 0 N–H and O–H groups in total. The minimum atomic E-state index is -2.52. The number of hydrogen-bond donors (Lipinski definition) is 0. The molecule has 6 rings (SSSR count). The number of pyridine rings is 2. The van der Waals surface area contributed by atoms with Gasteiger partial charge in [0, 0.05) is 42.7 Å². The van der Waals surface area contributed by atoms with E-state index >= 15 is 0 Å². The fourth-order valence-corrected chi connectivity index (χ4v) is 6.68. The van der Waals surface area contributed by atoms with Crippen molar-refractivity contribution in [1.29, 1.82) is 0 Å². The Morgan fingerprint density at radius 3 is 2.38 bits per heavy atom. The van der Waals surface area contributed by atoms with Crippen LogP contribution in [0.1, 0.15) is 41.5 Å². The Balaban J connectivity index is 0.000000277. The molecule has 3 aromatic heterocycles. The summed E-state index contributed by atoms with van der Waals surface area (Å²) in [5.41, 5.74) is 3.73. The van der Waals surface area contributed by atoms with E-state index in [0.717, 1.165) is 22.0 Å². The summed E-state index contributed by atoms with van der Waals surface area (Å²) in [6, 6.07) is 28.2. The number of aromatic nitrogens is 2. The molecule has 217 valence electrons. The van der Waals surface area contributed by atoms with Gasteiger partial charge in [0.1, 0.15) is 5.58 Å². The topological polar surface area (TPSA) is 38.9 Å². The Bertz CT molecular complexity index is 2090. The first kappa shape index (κ1) is 22.5. The van der Waals surface area contributed by atoms with Gasteiger partial charge in [-0.25, -0.2) is 0 Å². The standard InChI is InChI=1S/C23H22NO.C14H16GeN.Ir/c1-14(2)10-17-12-21(24-13-16(17)4)20-7-5-6-19-18-9-8-15(3)11-22(18)25-23(19)20;1-15(2,3)13-9-10-14(16-11-13)12-7-5-4-6-8-12;/h5-6,8-9,11-14H,10H2,1-4H3;4-7,9-11H,1-3H3;/q2*-1;/i3D3,4D3,10D2;;. The maximum Gasteiger partial charge on any atom is 0 e. The van der Waals surface area contributed by atoms with E-state index in [1.54, 1.807) is 38.1 Å². The maximum absolute atomic E-state index is 8.54. The monoisotopic (exact) mass is 801 g/mol. The van der Waals surface area contributed by atoms with Gasteiger partial charge >= 0.3 is 99.8 Å². The van der Waals surface area contributed by atoms with Crippen LogP contribution in [0.5, 0.6) is 0 Å². The predicted molar refractivity (Wildman–Crippen MR) is 175 cm³/mol. The van der Waals surface area contributed by atoms with E-state index in [-0.39, 0.29) is 36.8 Å². The largest absolute Gasteiger partial charge is 0 e. The van der Waals surface area contributed by atoms with Crippen molar-refractivity contribution in [1.82, 2.24) is 9.97 Å². The molecule has 1 radical (unpaired) electrons. The van der Waals surface area contributed by atoms with Crippen LogP contribution in [0.2, 0.25) is 17.3 Å². The Hall–Kier alpha value is -3.05.